The first kappa shape index (κ1) is 20.8. The third-order valence-corrected chi connectivity index (χ3v) is 4.00. The van der Waals surface area contributed by atoms with Crippen LogP contribution in [0.5, 0.6) is 0 Å². The monoisotopic (exact) mass is 379 g/mol. The van der Waals surface area contributed by atoms with Gasteiger partial charge in [0.25, 0.3) is 0 Å². The number of aromatic nitrogens is 1. The maximum atomic E-state index is 12.4. The highest BCUT2D eigenvalue weighted by Crippen LogP contribution is 2.33. The van der Waals surface area contributed by atoms with Crippen molar-refractivity contribution in [3.05, 3.63) is 30.2 Å². The molecule has 2 atom stereocenters. The average Bonchev–Trinajstić information content (AvgIpc) is 3.19. The predicted molar refractivity (Wildman–Crippen MR) is 99.3 cm³/mol. The van der Waals surface area contributed by atoms with E-state index in [0.29, 0.717) is 24.4 Å². The van der Waals surface area contributed by atoms with Gasteiger partial charge in [-0.05, 0) is 40.5 Å². The van der Waals surface area contributed by atoms with Crippen LogP contribution in [0.15, 0.2) is 23.2 Å². The zero-order valence-electron chi connectivity index (χ0n) is 16.5. The molecule has 27 heavy (non-hydrogen) atoms. The second kappa shape index (κ2) is 8.92. The van der Waals surface area contributed by atoms with Gasteiger partial charge in [-0.2, -0.15) is 0 Å². The lowest BCUT2D eigenvalue weighted by Gasteiger charge is -2.27. The molecule has 1 aliphatic rings. The minimum Gasteiger partial charge on any atom is -0.445 e. The predicted octanol–water partition coefficient (Wildman–Crippen LogP) is 3.59. The first-order valence-corrected chi connectivity index (χ1v) is 9.19. The van der Waals surface area contributed by atoms with Crippen molar-refractivity contribution in [2.45, 2.75) is 64.6 Å². The Labute approximate surface area is 159 Å². The molecule has 2 amide bonds. The number of ether oxygens (including phenoxy) is 2. The fraction of sp³-hybridized carbons (Fsp3) is 0.632. The van der Waals surface area contributed by atoms with Crippen LogP contribution >= 0.6 is 0 Å². The Morgan fingerprint density at radius 2 is 2.26 bits per heavy atom. The van der Waals surface area contributed by atoms with Gasteiger partial charge in [0.05, 0.1) is 6.04 Å². The molecule has 0 aromatic carbocycles. The highest BCUT2D eigenvalue weighted by atomic mass is 16.6. The summed E-state index contributed by atoms with van der Waals surface area (Å²) in [7, 11) is 0. The fourth-order valence-electron chi connectivity index (χ4n) is 2.93. The standard InChI is InChI=1S/C19H29N3O5/c1-6-10-25-17(23)20-13(2)11-14-12-15(21-27-14)16-8-7-9-22(16)18(24)26-19(3,4)5/h6,12-13,16H,1,7-11H2,2-5H3,(H,20,23). The Morgan fingerprint density at radius 3 is 2.93 bits per heavy atom. The molecule has 0 radical (unpaired) electrons. The molecule has 0 spiro atoms. The molecule has 8 nitrogen and oxygen atoms in total. The molecule has 0 saturated carbocycles. The van der Waals surface area contributed by atoms with Crippen molar-refractivity contribution < 1.29 is 23.6 Å². The van der Waals surface area contributed by atoms with Gasteiger partial charge in [-0.25, -0.2) is 9.59 Å². The van der Waals surface area contributed by atoms with E-state index in [1.165, 1.54) is 6.08 Å². The number of hydrogen-bond acceptors (Lipinski definition) is 6. The Hall–Kier alpha value is -2.51. The number of likely N-dealkylation sites (tertiary alicyclic amines) is 1. The lowest BCUT2D eigenvalue weighted by Crippen LogP contribution is -2.36. The number of amides is 2. The molecule has 1 saturated heterocycles. The van der Waals surface area contributed by atoms with Crippen LogP contribution in [0.25, 0.3) is 0 Å². The molecule has 1 fully saturated rings. The van der Waals surface area contributed by atoms with Gasteiger partial charge in [-0.15, -0.1) is 0 Å². The molecule has 150 valence electrons. The number of carbonyl (C=O) groups is 2. The Balaban J connectivity index is 1.94. The normalized spacial score (nSPS) is 18.1. The van der Waals surface area contributed by atoms with E-state index >= 15 is 0 Å². The molecule has 1 aliphatic heterocycles. The minimum atomic E-state index is -0.541. The van der Waals surface area contributed by atoms with Crippen LogP contribution in [0.2, 0.25) is 0 Å². The molecular weight excluding hydrogens is 350 g/mol. The molecule has 2 unspecified atom stereocenters. The number of rotatable bonds is 6. The highest BCUT2D eigenvalue weighted by Gasteiger charge is 2.35. The summed E-state index contributed by atoms with van der Waals surface area (Å²) >= 11 is 0. The molecule has 1 aromatic heterocycles. The maximum Gasteiger partial charge on any atom is 0.410 e. The van der Waals surface area contributed by atoms with Crippen molar-refractivity contribution in [3.8, 4) is 0 Å². The molecular formula is C19H29N3O5. The van der Waals surface area contributed by atoms with Crippen LogP contribution < -0.4 is 5.32 Å². The van der Waals surface area contributed by atoms with Gasteiger partial charge in [-0.3, -0.25) is 4.90 Å². The number of carbonyl (C=O) groups excluding carboxylic acids is 2. The maximum absolute atomic E-state index is 12.4. The summed E-state index contributed by atoms with van der Waals surface area (Å²) in [5.41, 5.74) is 0.162. The van der Waals surface area contributed by atoms with Crippen molar-refractivity contribution >= 4 is 12.2 Å². The van der Waals surface area contributed by atoms with Gasteiger partial charge in [0.2, 0.25) is 0 Å². The SMILES string of the molecule is C=CCOC(=O)NC(C)Cc1cc(C2CCCN2C(=O)OC(C)(C)C)no1. The second-order valence-corrected chi connectivity index (χ2v) is 7.69. The van der Waals surface area contributed by atoms with Crippen LogP contribution in [0.4, 0.5) is 9.59 Å². The largest absolute Gasteiger partial charge is 0.445 e. The topological polar surface area (TPSA) is 93.9 Å². The van der Waals surface area contributed by atoms with Gasteiger partial charge >= 0.3 is 12.2 Å². The molecule has 2 heterocycles. The van der Waals surface area contributed by atoms with Gasteiger partial charge in [0.15, 0.2) is 0 Å². The number of nitrogens with zero attached hydrogens (tertiary/aromatic N) is 2. The van der Waals surface area contributed by atoms with E-state index in [0.717, 1.165) is 12.8 Å². The Morgan fingerprint density at radius 1 is 1.52 bits per heavy atom. The molecule has 1 N–H and O–H groups in total. The molecule has 8 heteroatoms. The summed E-state index contributed by atoms with van der Waals surface area (Å²) in [6.45, 7) is 11.7. The summed E-state index contributed by atoms with van der Waals surface area (Å²) in [6, 6.07) is 1.49. The van der Waals surface area contributed by atoms with E-state index in [4.69, 9.17) is 14.0 Å². The zero-order chi connectivity index (χ0) is 20.0. The van der Waals surface area contributed by atoms with Crippen molar-refractivity contribution in [3.63, 3.8) is 0 Å². The quantitative estimate of drug-likeness (QED) is 0.759. The number of hydrogen-bond donors (Lipinski definition) is 1. The van der Waals surface area contributed by atoms with Crippen LogP contribution in [0.3, 0.4) is 0 Å². The van der Waals surface area contributed by atoms with Crippen LogP contribution in [0, 0.1) is 0 Å². The summed E-state index contributed by atoms with van der Waals surface area (Å²) in [5.74, 6) is 0.637. The first-order valence-electron chi connectivity index (χ1n) is 9.19. The molecule has 1 aromatic rings. The summed E-state index contributed by atoms with van der Waals surface area (Å²) < 4.78 is 15.8. The molecule has 2 rings (SSSR count). The van der Waals surface area contributed by atoms with Crippen molar-refractivity contribution in [2.24, 2.45) is 0 Å². The summed E-state index contributed by atoms with van der Waals surface area (Å²) in [6.07, 6.45) is 2.83. The van der Waals surface area contributed by atoms with Crippen LogP contribution in [-0.4, -0.2) is 47.0 Å². The van der Waals surface area contributed by atoms with Crippen molar-refractivity contribution in [2.75, 3.05) is 13.2 Å². The lowest BCUT2D eigenvalue weighted by molar-refractivity contribution is 0.0219. The van der Waals surface area contributed by atoms with Crippen LogP contribution in [-0.2, 0) is 15.9 Å². The van der Waals surface area contributed by atoms with Gasteiger partial charge < -0.3 is 19.3 Å². The van der Waals surface area contributed by atoms with Crippen molar-refractivity contribution in [1.82, 2.24) is 15.4 Å². The Kier molecular flexibility index (Phi) is 6.87. The third kappa shape index (κ3) is 6.30. The molecule has 0 bridgehead atoms. The van der Waals surface area contributed by atoms with Gasteiger partial charge in [0, 0.05) is 25.1 Å². The van der Waals surface area contributed by atoms with Gasteiger partial charge in [-0.1, -0.05) is 17.8 Å². The van der Waals surface area contributed by atoms with E-state index in [-0.39, 0.29) is 24.8 Å². The zero-order valence-corrected chi connectivity index (χ0v) is 16.5. The van der Waals surface area contributed by atoms with Gasteiger partial charge in [0.1, 0.15) is 23.7 Å². The van der Waals surface area contributed by atoms with Crippen molar-refractivity contribution in [1.29, 1.82) is 0 Å². The highest BCUT2D eigenvalue weighted by molar-refractivity contribution is 5.69. The second-order valence-electron chi connectivity index (χ2n) is 7.69. The summed E-state index contributed by atoms with van der Waals surface area (Å²) in [5, 5.41) is 6.84. The van der Waals surface area contributed by atoms with E-state index < -0.39 is 11.7 Å². The number of nitrogens with one attached hydrogen (secondary N) is 1. The Bertz CT molecular complexity index is 665. The number of alkyl carbamates (subject to hydrolysis) is 1. The van der Waals surface area contributed by atoms with E-state index in [1.807, 2.05) is 33.8 Å². The fourth-order valence-corrected chi connectivity index (χ4v) is 2.93. The third-order valence-electron chi connectivity index (χ3n) is 4.00. The smallest absolute Gasteiger partial charge is 0.410 e. The van der Waals surface area contributed by atoms with E-state index in [9.17, 15) is 9.59 Å². The minimum absolute atomic E-state index is 0.154. The van der Waals surface area contributed by atoms with Crippen LogP contribution in [0.1, 0.15) is 58.0 Å². The average molecular weight is 379 g/mol. The first-order chi connectivity index (χ1) is 12.7. The van der Waals surface area contributed by atoms with E-state index in [1.54, 1.807) is 4.90 Å². The molecule has 0 aliphatic carbocycles. The lowest BCUT2D eigenvalue weighted by atomic mass is 10.1. The van der Waals surface area contributed by atoms with E-state index in [2.05, 4.69) is 17.1 Å². The summed E-state index contributed by atoms with van der Waals surface area (Å²) in [4.78, 5) is 25.7.